The number of benzene rings is 2. The molecule has 1 aliphatic heterocycles. The van der Waals surface area contributed by atoms with Crippen LogP contribution in [0.1, 0.15) is 47.4 Å². The largest absolute Gasteiger partial charge is 0.369 e. The number of fused-ring (bicyclic) bond motifs is 1. The monoisotopic (exact) mass is 366 g/mol. The van der Waals surface area contributed by atoms with Crippen LogP contribution in [0.4, 0.5) is 11.4 Å². The van der Waals surface area contributed by atoms with Crippen LogP contribution in [-0.2, 0) is 9.53 Å². The van der Waals surface area contributed by atoms with E-state index < -0.39 is 6.10 Å². The van der Waals surface area contributed by atoms with Gasteiger partial charge in [-0.15, -0.1) is 0 Å². The first-order valence-electron chi connectivity index (χ1n) is 9.03. The fourth-order valence-corrected chi connectivity index (χ4v) is 2.87. The van der Waals surface area contributed by atoms with Crippen LogP contribution < -0.4 is 10.2 Å². The molecule has 0 aromatic heterocycles. The van der Waals surface area contributed by atoms with Crippen LogP contribution in [0.15, 0.2) is 48.5 Å². The van der Waals surface area contributed by atoms with Gasteiger partial charge in [-0.3, -0.25) is 14.4 Å². The highest BCUT2D eigenvalue weighted by Gasteiger charge is 2.36. The number of carbonyl (C=O) groups is 3. The second-order valence-electron chi connectivity index (χ2n) is 6.40. The second-order valence-corrected chi connectivity index (χ2v) is 6.40. The highest BCUT2D eigenvalue weighted by molar-refractivity contribution is 6.34. The normalized spacial score (nSPS) is 14.2. The van der Waals surface area contributed by atoms with Crippen molar-refractivity contribution >= 4 is 29.1 Å². The standard InChI is InChI=1S/C21H22N2O4/c1-3-4-12-27-14(2)19(24)22-15-8-7-9-16(13-15)23-20(25)17-10-5-6-11-18(17)21(23)26/h5-11,13-14H,3-4,12H2,1-2H3,(H,22,24). The number of rotatable bonds is 7. The van der Waals surface area contributed by atoms with Crippen molar-refractivity contribution in [3.63, 3.8) is 0 Å². The van der Waals surface area contributed by atoms with Gasteiger partial charge in [0.2, 0.25) is 0 Å². The Hall–Kier alpha value is -2.99. The fraction of sp³-hybridized carbons (Fsp3) is 0.286. The molecule has 1 aliphatic rings. The highest BCUT2D eigenvalue weighted by Crippen LogP contribution is 2.29. The molecule has 1 N–H and O–H groups in total. The SMILES string of the molecule is CCCCOC(C)C(=O)Nc1cccc(N2C(=O)c3ccccc3C2=O)c1. The summed E-state index contributed by atoms with van der Waals surface area (Å²) in [5, 5.41) is 2.77. The zero-order chi connectivity index (χ0) is 19.4. The number of carbonyl (C=O) groups excluding carboxylic acids is 3. The Balaban J connectivity index is 1.74. The van der Waals surface area contributed by atoms with E-state index >= 15 is 0 Å². The van der Waals surface area contributed by atoms with Crippen LogP contribution in [0, 0.1) is 0 Å². The molecule has 3 rings (SSSR count). The Labute approximate surface area is 158 Å². The number of unbranched alkanes of at least 4 members (excludes halogenated alkanes) is 1. The predicted molar refractivity (Wildman–Crippen MR) is 103 cm³/mol. The van der Waals surface area contributed by atoms with Crippen molar-refractivity contribution in [2.45, 2.75) is 32.8 Å². The number of nitrogens with one attached hydrogen (secondary N) is 1. The molecule has 0 aliphatic carbocycles. The third kappa shape index (κ3) is 3.90. The molecule has 1 unspecified atom stereocenters. The second kappa shape index (κ2) is 8.14. The number of ether oxygens (including phenoxy) is 1. The van der Waals surface area contributed by atoms with Gasteiger partial charge in [0.1, 0.15) is 6.10 Å². The van der Waals surface area contributed by atoms with E-state index in [-0.39, 0.29) is 17.7 Å². The van der Waals surface area contributed by atoms with E-state index in [1.807, 2.05) is 0 Å². The summed E-state index contributed by atoms with van der Waals surface area (Å²) in [7, 11) is 0. The molecule has 0 radical (unpaired) electrons. The highest BCUT2D eigenvalue weighted by atomic mass is 16.5. The molecule has 0 saturated carbocycles. The quantitative estimate of drug-likeness (QED) is 0.600. The first kappa shape index (κ1) is 18.8. The minimum atomic E-state index is -0.584. The van der Waals surface area contributed by atoms with Gasteiger partial charge in [-0.2, -0.15) is 0 Å². The molecule has 3 amide bonds. The number of nitrogens with zero attached hydrogens (tertiary/aromatic N) is 1. The zero-order valence-electron chi connectivity index (χ0n) is 15.4. The molecule has 2 aromatic rings. The van der Waals surface area contributed by atoms with E-state index in [0.29, 0.717) is 29.1 Å². The van der Waals surface area contributed by atoms with Crippen molar-refractivity contribution < 1.29 is 19.1 Å². The first-order chi connectivity index (χ1) is 13.0. The lowest BCUT2D eigenvalue weighted by Crippen LogP contribution is -2.30. The minimum Gasteiger partial charge on any atom is -0.369 e. The molecule has 0 bridgehead atoms. The van der Waals surface area contributed by atoms with Gasteiger partial charge < -0.3 is 10.1 Å². The smallest absolute Gasteiger partial charge is 0.266 e. The minimum absolute atomic E-state index is 0.273. The van der Waals surface area contributed by atoms with Crippen LogP contribution in [-0.4, -0.2) is 30.4 Å². The Morgan fingerprint density at radius 1 is 1.07 bits per heavy atom. The van der Waals surface area contributed by atoms with Crippen LogP contribution in [0.2, 0.25) is 0 Å². The zero-order valence-corrected chi connectivity index (χ0v) is 15.4. The van der Waals surface area contributed by atoms with Gasteiger partial charge in [0.15, 0.2) is 0 Å². The van der Waals surface area contributed by atoms with E-state index in [0.717, 1.165) is 17.7 Å². The Morgan fingerprint density at radius 3 is 2.37 bits per heavy atom. The molecule has 6 nitrogen and oxygen atoms in total. The molecule has 0 spiro atoms. The van der Waals surface area contributed by atoms with E-state index in [1.54, 1.807) is 55.5 Å². The predicted octanol–water partition coefficient (Wildman–Crippen LogP) is 3.63. The molecule has 140 valence electrons. The summed E-state index contributed by atoms with van der Waals surface area (Å²) in [5.74, 6) is -1.00. The average Bonchev–Trinajstić information content (AvgIpc) is 2.93. The molecule has 0 fully saturated rings. The summed E-state index contributed by atoms with van der Waals surface area (Å²) in [6.45, 7) is 4.28. The maximum Gasteiger partial charge on any atom is 0.266 e. The third-order valence-corrected chi connectivity index (χ3v) is 4.40. The lowest BCUT2D eigenvalue weighted by Gasteiger charge is -2.17. The summed E-state index contributed by atoms with van der Waals surface area (Å²) in [5.41, 5.74) is 1.68. The van der Waals surface area contributed by atoms with Crippen molar-refractivity contribution in [2.24, 2.45) is 0 Å². The molecular weight excluding hydrogens is 344 g/mol. The van der Waals surface area contributed by atoms with E-state index in [2.05, 4.69) is 12.2 Å². The van der Waals surface area contributed by atoms with Gasteiger partial charge in [0, 0.05) is 12.3 Å². The maximum absolute atomic E-state index is 12.6. The topological polar surface area (TPSA) is 75.7 Å². The summed E-state index contributed by atoms with van der Waals surface area (Å²) >= 11 is 0. The van der Waals surface area contributed by atoms with Gasteiger partial charge in [-0.1, -0.05) is 31.5 Å². The molecular formula is C21H22N2O4. The molecule has 1 atom stereocenters. The number of hydrogen-bond donors (Lipinski definition) is 1. The molecule has 0 saturated heterocycles. The van der Waals surface area contributed by atoms with E-state index in [1.165, 1.54) is 0 Å². The van der Waals surface area contributed by atoms with Crippen LogP contribution in [0.5, 0.6) is 0 Å². The number of hydrogen-bond acceptors (Lipinski definition) is 4. The first-order valence-corrected chi connectivity index (χ1v) is 9.03. The van der Waals surface area contributed by atoms with Crippen LogP contribution >= 0.6 is 0 Å². The van der Waals surface area contributed by atoms with Crippen molar-refractivity contribution in [1.82, 2.24) is 0 Å². The summed E-state index contributed by atoms with van der Waals surface area (Å²) in [4.78, 5) is 38.6. The Bertz CT molecular complexity index is 843. The molecule has 1 heterocycles. The average molecular weight is 366 g/mol. The summed E-state index contributed by atoms with van der Waals surface area (Å²) in [6, 6.07) is 13.4. The van der Waals surface area contributed by atoms with Gasteiger partial charge in [-0.25, -0.2) is 4.90 Å². The number of imide groups is 1. The molecule has 2 aromatic carbocycles. The van der Waals surface area contributed by atoms with Gasteiger partial charge in [-0.05, 0) is 43.7 Å². The summed E-state index contributed by atoms with van der Waals surface area (Å²) < 4.78 is 5.49. The van der Waals surface area contributed by atoms with Crippen molar-refractivity contribution in [3.8, 4) is 0 Å². The molecule has 27 heavy (non-hydrogen) atoms. The lowest BCUT2D eigenvalue weighted by atomic mass is 10.1. The van der Waals surface area contributed by atoms with Crippen molar-refractivity contribution in [2.75, 3.05) is 16.8 Å². The van der Waals surface area contributed by atoms with Crippen molar-refractivity contribution in [1.29, 1.82) is 0 Å². The van der Waals surface area contributed by atoms with Gasteiger partial charge in [0.25, 0.3) is 17.7 Å². The van der Waals surface area contributed by atoms with Gasteiger partial charge >= 0.3 is 0 Å². The Morgan fingerprint density at radius 2 is 1.74 bits per heavy atom. The van der Waals surface area contributed by atoms with E-state index in [9.17, 15) is 14.4 Å². The number of anilines is 2. The van der Waals surface area contributed by atoms with E-state index in [4.69, 9.17) is 4.74 Å². The summed E-state index contributed by atoms with van der Waals surface area (Å²) in [6.07, 6.45) is 1.31. The van der Waals surface area contributed by atoms with Gasteiger partial charge in [0.05, 0.1) is 16.8 Å². The fourth-order valence-electron chi connectivity index (χ4n) is 2.87. The maximum atomic E-state index is 12.6. The number of amides is 3. The Kier molecular flexibility index (Phi) is 5.66. The van der Waals surface area contributed by atoms with Crippen LogP contribution in [0.3, 0.4) is 0 Å². The van der Waals surface area contributed by atoms with Crippen LogP contribution in [0.25, 0.3) is 0 Å². The lowest BCUT2D eigenvalue weighted by molar-refractivity contribution is -0.126. The third-order valence-electron chi connectivity index (χ3n) is 4.40. The van der Waals surface area contributed by atoms with Crippen molar-refractivity contribution in [3.05, 3.63) is 59.7 Å². The molecule has 6 heteroatoms.